The summed E-state index contributed by atoms with van der Waals surface area (Å²) in [5.41, 5.74) is 2.81. The third-order valence-corrected chi connectivity index (χ3v) is 8.70. The van der Waals surface area contributed by atoms with Gasteiger partial charge < -0.3 is 4.74 Å². The Balaban J connectivity index is 1.30. The second kappa shape index (κ2) is 9.73. The molecule has 0 spiro atoms. The Kier molecular flexibility index (Phi) is 7.20. The first-order valence-electron chi connectivity index (χ1n) is 12.7. The number of rotatable bonds is 5. The van der Waals surface area contributed by atoms with Crippen LogP contribution in [0.15, 0.2) is 23.8 Å². The van der Waals surface area contributed by atoms with Gasteiger partial charge in [0.2, 0.25) is 0 Å². The molecular weight excluding hydrogens is 390 g/mol. The van der Waals surface area contributed by atoms with Crippen molar-refractivity contribution in [1.82, 2.24) is 0 Å². The average molecular weight is 431 g/mol. The molecule has 0 N–H and O–H groups in total. The topological polar surface area (TPSA) is 9.23 Å². The van der Waals surface area contributed by atoms with Gasteiger partial charge in [-0.25, -0.2) is 8.78 Å². The molecule has 0 radical (unpaired) electrons. The molecule has 1 aromatic carbocycles. The average Bonchev–Trinajstić information content (AvgIpc) is 2.79. The molecule has 2 fully saturated rings. The fraction of sp³-hybridized carbons (Fsp3) is 0.714. The van der Waals surface area contributed by atoms with Crippen molar-refractivity contribution in [2.45, 2.75) is 103 Å². The second-order valence-corrected chi connectivity index (χ2v) is 10.8. The molecule has 3 aliphatic rings. The Bertz CT molecular complexity index is 782. The Hall–Kier alpha value is -1.22. The van der Waals surface area contributed by atoms with Crippen LogP contribution in [0.3, 0.4) is 0 Å². The van der Waals surface area contributed by atoms with Crippen molar-refractivity contribution in [3.63, 3.8) is 0 Å². The summed E-state index contributed by atoms with van der Waals surface area (Å²) in [5, 5.41) is 0. The molecule has 0 bridgehead atoms. The number of hydrogen-bond donors (Lipinski definition) is 0. The van der Waals surface area contributed by atoms with E-state index in [4.69, 9.17) is 4.74 Å². The molecule has 1 saturated carbocycles. The van der Waals surface area contributed by atoms with E-state index >= 15 is 0 Å². The Morgan fingerprint density at radius 1 is 1.00 bits per heavy atom. The van der Waals surface area contributed by atoms with Gasteiger partial charge in [0.25, 0.3) is 0 Å². The van der Waals surface area contributed by atoms with Gasteiger partial charge in [0.15, 0.2) is 11.6 Å². The van der Waals surface area contributed by atoms with Gasteiger partial charge >= 0.3 is 0 Å². The van der Waals surface area contributed by atoms with Gasteiger partial charge in [-0.1, -0.05) is 50.5 Å². The van der Waals surface area contributed by atoms with Crippen LogP contribution in [-0.4, -0.2) is 12.7 Å². The number of aryl methyl sites for hydroxylation is 1. The third-order valence-electron chi connectivity index (χ3n) is 8.70. The minimum Gasteiger partial charge on any atom is -0.377 e. The van der Waals surface area contributed by atoms with Crippen molar-refractivity contribution in [1.29, 1.82) is 0 Å². The van der Waals surface area contributed by atoms with Crippen LogP contribution in [0, 0.1) is 35.8 Å². The van der Waals surface area contributed by atoms with Crippen molar-refractivity contribution in [3.05, 3.63) is 46.5 Å². The third kappa shape index (κ3) is 4.92. The summed E-state index contributed by atoms with van der Waals surface area (Å²) in [7, 11) is 0. The van der Waals surface area contributed by atoms with E-state index < -0.39 is 11.6 Å². The van der Waals surface area contributed by atoms with E-state index in [1.54, 1.807) is 24.6 Å². The normalized spacial score (nSPS) is 34.4. The smallest absolute Gasteiger partial charge is 0.162 e. The highest BCUT2D eigenvalue weighted by atomic mass is 19.2. The molecule has 0 aromatic heterocycles. The molecule has 3 heteroatoms. The molecule has 0 amide bonds. The summed E-state index contributed by atoms with van der Waals surface area (Å²) < 4.78 is 34.8. The van der Waals surface area contributed by atoms with E-state index in [2.05, 4.69) is 19.9 Å². The monoisotopic (exact) mass is 430 g/mol. The number of hydrogen-bond acceptors (Lipinski definition) is 1. The molecule has 31 heavy (non-hydrogen) atoms. The largest absolute Gasteiger partial charge is 0.377 e. The fourth-order valence-electron chi connectivity index (χ4n) is 6.44. The van der Waals surface area contributed by atoms with Gasteiger partial charge in [-0.2, -0.15) is 0 Å². The Morgan fingerprint density at radius 2 is 1.77 bits per heavy atom. The minimum atomic E-state index is -0.706. The standard InChI is InChI=1S/C28H40F2O/c1-4-5-20-7-9-21(10-8-20)22-14-16-28(3,17-15-22)25-13-11-23(18-31-25)24-12-6-19(2)26(29)27(24)30/h6,9,12,20,22-23,25H,4-5,7-8,10-11,13-18H2,1-3H3. The van der Waals surface area contributed by atoms with Gasteiger partial charge in [-0.05, 0) is 93.1 Å². The van der Waals surface area contributed by atoms with Gasteiger partial charge in [-0.15, -0.1) is 0 Å². The summed E-state index contributed by atoms with van der Waals surface area (Å²) in [6, 6.07) is 3.44. The first-order chi connectivity index (χ1) is 14.9. The van der Waals surface area contributed by atoms with E-state index in [-0.39, 0.29) is 17.4 Å². The maximum absolute atomic E-state index is 14.4. The van der Waals surface area contributed by atoms with Crippen LogP contribution in [0.4, 0.5) is 8.78 Å². The number of benzene rings is 1. The predicted octanol–water partition coefficient (Wildman–Crippen LogP) is 8.26. The summed E-state index contributed by atoms with van der Waals surface area (Å²) in [5.74, 6) is 0.271. The van der Waals surface area contributed by atoms with Crippen LogP contribution in [0.1, 0.15) is 102 Å². The van der Waals surface area contributed by atoms with Crippen molar-refractivity contribution >= 4 is 0 Å². The van der Waals surface area contributed by atoms with Crippen molar-refractivity contribution in [2.24, 2.45) is 17.3 Å². The molecule has 172 valence electrons. The SMILES string of the molecule is CCCC1CC=C(C2CCC(C)(C3CCC(c4ccc(C)c(F)c4F)CO3)CC2)CC1. The maximum Gasteiger partial charge on any atom is 0.162 e. The van der Waals surface area contributed by atoms with Crippen molar-refractivity contribution in [2.75, 3.05) is 6.61 Å². The summed E-state index contributed by atoms with van der Waals surface area (Å²) >= 11 is 0. The van der Waals surface area contributed by atoms with E-state index in [0.717, 1.165) is 24.7 Å². The zero-order valence-corrected chi connectivity index (χ0v) is 19.7. The Labute approximate surface area is 187 Å². The van der Waals surface area contributed by atoms with E-state index in [1.165, 1.54) is 57.8 Å². The number of ether oxygens (including phenoxy) is 1. The lowest BCUT2D eigenvalue weighted by Crippen LogP contribution is -2.41. The van der Waals surface area contributed by atoms with E-state index in [1.807, 2.05) is 0 Å². The zero-order valence-electron chi connectivity index (χ0n) is 19.7. The molecule has 1 aromatic rings. The van der Waals surface area contributed by atoms with Gasteiger partial charge in [-0.3, -0.25) is 0 Å². The molecule has 2 aliphatic carbocycles. The maximum atomic E-state index is 14.4. The lowest BCUT2D eigenvalue weighted by atomic mass is 9.64. The highest BCUT2D eigenvalue weighted by molar-refractivity contribution is 5.28. The Morgan fingerprint density at radius 3 is 2.39 bits per heavy atom. The number of allylic oxidation sites excluding steroid dienone is 2. The first-order valence-corrected chi connectivity index (χ1v) is 12.7. The second-order valence-electron chi connectivity index (χ2n) is 10.8. The van der Waals surface area contributed by atoms with Crippen LogP contribution >= 0.6 is 0 Å². The summed E-state index contributed by atoms with van der Waals surface area (Å²) in [4.78, 5) is 0. The number of halogens is 2. The molecular formula is C28H40F2O. The first kappa shape index (κ1) is 23.0. The molecule has 3 atom stereocenters. The van der Waals surface area contributed by atoms with Gasteiger partial charge in [0.1, 0.15) is 0 Å². The van der Waals surface area contributed by atoms with Crippen molar-refractivity contribution < 1.29 is 13.5 Å². The molecule has 1 saturated heterocycles. The molecule has 4 rings (SSSR count). The van der Waals surface area contributed by atoms with Crippen molar-refractivity contribution in [3.8, 4) is 0 Å². The lowest BCUT2D eigenvalue weighted by molar-refractivity contribution is -0.0866. The fourth-order valence-corrected chi connectivity index (χ4v) is 6.44. The zero-order chi connectivity index (χ0) is 22.0. The molecule has 3 unspecified atom stereocenters. The quantitative estimate of drug-likeness (QED) is 0.427. The van der Waals surface area contributed by atoms with Crippen LogP contribution in [0.2, 0.25) is 0 Å². The molecule has 1 nitrogen and oxygen atoms in total. The summed E-state index contributed by atoms with van der Waals surface area (Å²) in [6.07, 6.45) is 16.3. The highest BCUT2D eigenvalue weighted by Gasteiger charge is 2.41. The van der Waals surface area contributed by atoms with E-state index in [9.17, 15) is 8.78 Å². The molecule has 1 aliphatic heterocycles. The van der Waals surface area contributed by atoms with Crippen LogP contribution < -0.4 is 0 Å². The summed E-state index contributed by atoms with van der Waals surface area (Å²) in [6.45, 7) is 6.81. The highest BCUT2D eigenvalue weighted by Crippen LogP contribution is 2.49. The van der Waals surface area contributed by atoms with Gasteiger partial charge in [0.05, 0.1) is 12.7 Å². The molecule has 1 heterocycles. The minimum absolute atomic E-state index is 0.0326. The van der Waals surface area contributed by atoms with Gasteiger partial charge in [0, 0.05) is 5.92 Å². The van der Waals surface area contributed by atoms with Crippen LogP contribution in [0.5, 0.6) is 0 Å². The van der Waals surface area contributed by atoms with Crippen LogP contribution in [0.25, 0.3) is 0 Å². The lowest BCUT2D eigenvalue weighted by Gasteiger charge is -2.46. The predicted molar refractivity (Wildman–Crippen MR) is 123 cm³/mol. The van der Waals surface area contributed by atoms with E-state index in [0.29, 0.717) is 17.7 Å². The van der Waals surface area contributed by atoms with Crippen LogP contribution in [-0.2, 0) is 4.74 Å².